The highest BCUT2D eigenvalue weighted by atomic mass is 32.1. The van der Waals surface area contributed by atoms with Crippen LogP contribution < -0.4 is 11.1 Å². The summed E-state index contributed by atoms with van der Waals surface area (Å²) in [4.78, 5) is 17.2. The van der Waals surface area contributed by atoms with E-state index in [1.807, 2.05) is 39.1 Å². The first-order chi connectivity index (χ1) is 17.2. The van der Waals surface area contributed by atoms with Crippen molar-refractivity contribution >= 4 is 28.1 Å². The Hall–Kier alpha value is -3.60. The van der Waals surface area contributed by atoms with Crippen molar-refractivity contribution in [3.8, 4) is 10.4 Å². The number of nitrogens with two attached hydrogens (primary N) is 1. The summed E-state index contributed by atoms with van der Waals surface area (Å²) in [7, 11) is 1.87. The monoisotopic (exact) mass is 509 g/mol. The standard InChI is InChI=1S/C26H28FN5O3S/c1-4-22(33)16-8-9-19(21(27)11-16)23-12-20(25(28)34)26(36-23)30-24-7-5-6-17(29-24)13-35-14-18-10-15(2)31-32(18)3/h5-12,22,33H,4,13-14H2,1-3H3,(H2,28,34)(H,29,30). The van der Waals surface area contributed by atoms with Gasteiger partial charge in [-0.15, -0.1) is 11.3 Å². The van der Waals surface area contributed by atoms with Crippen LogP contribution in [-0.4, -0.2) is 25.8 Å². The topological polar surface area (TPSA) is 115 Å². The molecule has 3 aromatic heterocycles. The third kappa shape index (κ3) is 5.78. The Bertz CT molecular complexity index is 1380. The molecule has 1 atom stereocenters. The molecule has 10 heteroatoms. The molecule has 1 aromatic carbocycles. The molecule has 0 radical (unpaired) electrons. The minimum atomic E-state index is -0.731. The van der Waals surface area contributed by atoms with Crippen molar-refractivity contribution in [2.45, 2.75) is 39.6 Å². The maximum atomic E-state index is 14.8. The summed E-state index contributed by atoms with van der Waals surface area (Å²) in [5.41, 5.74) is 9.25. The van der Waals surface area contributed by atoms with E-state index in [1.165, 1.54) is 17.4 Å². The number of amides is 1. The molecule has 36 heavy (non-hydrogen) atoms. The van der Waals surface area contributed by atoms with Gasteiger partial charge in [-0.2, -0.15) is 5.10 Å². The molecule has 4 N–H and O–H groups in total. The number of nitrogens with one attached hydrogen (secondary N) is 1. The van der Waals surface area contributed by atoms with Gasteiger partial charge in [0, 0.05) is 17.5 Å². The van der Waals surface area contributed by atoms with E-state index >= 15 is 0 Å². The summed E-state index contributed by atoms with van der Waals surface area (Å²) in [5, 5.41) is 17.9. The van der Waals surface area contributed by atoms with Gasteiger partial charge in [-0.3, -0.25) is 9.48 Å². The van der Waals surface area contributed by atoms with Crippen LogP contribution in [0.25, 0.3) is 10.4 Å². The molecular formula is C26H28FN5O3S. The van der Waals surface area contributed by atoms with Gasteiger partial charge in [0.25, 0.3) is 5.91 Å². The molecule has 3 heterocycles. The number of hydrogen-bond acceptors (Lipinski definition) is 7. The first-order valence-corrected chi connectivity index (χ1v) is 12.3. The van der Waals surface area contributed by atoms with Crippen LogP contribution in [-0.2, 0) is 25.0 Å². The number of aromatic nitrogens is 3. The zero-order valence-electron chi connectivity index (χ0n) is 20.3. The van der Waals surface area contributed by atoms with Crippen molar-refractivity contribution in [3.63, 3.8) is 0 Å². The quantitative estimate of drug-likeness (QED) is 0.277. The van der Waals surface area contributed by atoms with E-state index < -0.39 is 17.8 Å². The Morgan fingerprint density at radius 3 is 2.72 bits per heavy atom. The van der Waals surface area contributed by atoms with Gasteiger partial charge in [-0.1, -0.05) is 25.1 Å². The number of anilines is 2. The van der Waals surface area contributed by atoms with Gasteiger partial charge in [0.05, 0.1) is 42.0 Å². The number of aliphatic hydroxyl groups excluding tert-OH is 1. The predicted molar refractivity (Wildman–Crippen MR) is 137 cm³/mol. The zero-order valence-corrected chi connectivity index (χ0v) is 21.1. The Morgan fingerprint density at radius 2 is 2.06 bits per heavy atom. The number of halogens is 1. The van der Waals surface area contributed by atoms with Crippen LogP contribution >= 0.6 is 11.3 Å². The van der Waals surface area contributed by atoms with E-state index in [2.05, 4.69) is 15.4 Å². The smallest absolute Gasteiger partial charge is 0.251 e. The molecule has 1 unspecified atom stereocenters. The van der Waals surface area contributed by atoms with Gasteiger partial charge in [0.2, 0.25) is 0 Å². The van der Waals surface area contributed by atoms with Crippen molar-refractivity contribution in [1.82, 2.24) is 14.8 Å². The zero-order chi connectivity index (χ0) is 25.8. The number of carbonyl (C=O) groups excluding carboxylic acids is 1. The lowest BCUT2D eigenvalue weighted by Gasteiger charge is -2.09. The molecule has 0 aliphatic heterocycles. The van der Waals surface area contributed by atoms with E-state index in [0.717, 1.165) is 11.4 Å². The molecule has 1 amide bonds. The fraction of sp³-hybridized carbons (Fsp3) is 0.269. The normalized spacial score (nSPS) is 12.0. The Morgan fingerprint density at radius 1 is 1.25 bits per heavy atom. The number of aryl methyl sites for hydroxylation is 2. The van der Waals surface area contributed by atoms with E-state index in [9.17, 15) is 14.3 Å². The second-order valence-electron chi connectivity index (χ2n) is 8.41. The first kappa shape index (κ1) is 25.5. The molecule has 0 spiro atoms. The van der Waals surface area contributed by atoms with Crippen LogP contribution in [0.1, 0.15) is 52.5 Å². The van der Waals surface area contributed by atoms with Gasteiger partial charge in [0.1, 0.15) is 16.6 Å². The molecule has 4 rings (SSSR count). The van der Waals surface area contributed by atoms with Crippen molar-refractivity contribution in [1.29, 1.82) is 0 Å². The first-order valence-electron chi connectivity index (χ1n) is 11.5. The highest BCUT2D eigenvalue weighted by Gasteiger charge is 2.18. The average molecular weight is 510 g/mol. The van der Waals surface area contributed by atoms with Crippen LogP contribution in [0.3, 0.4) is 0 Å². The summed E-state index contributed by atoms with van der Waals surface area (Å²) in [6.07, 6.45) is -0.247. The number of pyridine rings is 1. The number of hydrogen-bond donors (Lipinski definition) is 3. The number of rotatable bonds is 10. The molecule has 4 aromatic rings. The van der Waals surface area contributed by atoms with Gasteiger partial charge >= 0.3 is 0 Å². The number of benzene rings is 1. The molecule has 0 fully saturated rings. The summed E-state index contributed by atoms with van der Waals surface area (Å²) in [5.74, 6) is -0.612. The molecule has 8 nitrogen and oxygen atoms in total. The van der Waals surface area contributed by atoms with E-state index in [-0.39, 0.29) is 5.56 Å². The summed E-state index contributed by atoms with van der Waals surface area (Å²) >= 11 is 1.20. The highest BCUT2D eigenvalue weighted by Crippen LogP contribution is 2.38. The third-order valence-corrected chi connectivity index (χ3v) is 6.76. The van der Waals surface area contributed by atoms with Crippen LogP contribution in [0.4, 0.5) is 15.2 Å². The van der Waals surface area contributed by atoms with E-state index in [0.29, 0.717) is 52.2 Å². The van der Waals surface area contributed by atoms with Crippen molar-refractivity contribution < 1.29 is 19.0 Å². The number of thiophene rings is 1. The summed E-state index contributed by atoms with van der Waals surface area (Å²) in [6, 6.07) is 13.6. The fourth-order valence-electron chi connectivity index (χ4n) is 3.78. The minimum Gasteiger partial charge on any atom is -0.388 e. The minimum absolute atomic E-state index is 0.238. The predicted octanol–water partition coefficient (Wildman–Crippen LogP) is 4.99. The van der Waals surface area contributed by atoms with Crippen LogP contribution in [0.2, 0.25) is 0 Å². The lowest BCUT2D eigenvalue weighted by atomic mass is 10.0. The number of primary amides is 1. The lowest BCUT2D eigenvalue weighted by Crippen LogP contribution is -2.11. The maximum Gasteiger partial charge on any atom is 0.251 e. The maximum absolute atomic E-state index is 14.8. The van der Waals surface area contributed by atoms with Gasteiger partial charge in [-0.25, -0.2) is 9.37 Å². The van der Waals surface area contributed by atoms with Crippen LogP contribution in [0.15, 0.2) is 48.5 Å². The highest BCUT2D eigenvalue weighted by molar-refractivity contribution is 7.19. The van der Waals surface area contributed by atoms with E-state index in [1.54, 1.807) is 28.9 Å². The van der Waals surface area contributed by atoms with Gasteiger partial charge in [-0.05, 0) is 49.2 Å². The molecule has 0 bridgehead atoms. The van der Waals surface area contributed by atoms with Gasteiger partial charge in [0.15, 0.2) is 0 Å². The number of ether oxygens (including phenoxy) is 1. The molecule has 0 aliphatic carbocycles. The molecule has 188 valence electrons. The fourth-order valence-corrected chi connectivity index (χ4v) is 4.88. The molecule has 0 saturated carbocycles. The second kappa shape index (κ2) is 11.0. The number of carbonyl (C=O) groups is 1. The van der Waals surface area contributed by atoms with Crippen molar-refractivity contribution in [3.05, 3.63) is 82.6 Å². The van der Waals surface area contributed by atoms with E-state index in [4.69, 9.17) is 10.5 Å². The number of aliphatic hydroxyl groups is 1. The van der Waals surface area contributed by atoms with Crippen molar-refractivity contribution in [2.75, 3.05) is 5.32 Å². The van der Waals surface area contributed by atoms with Crippen LogP contribution in [0, 0.1) is 12.7 Å². The Labute approximate surface area is 212 Å². The number of nitrogens with zero attached hydrogens (tertiary/aromatic N) is 3. The van der Waals surface area contributed by atoms with Crippen molar-refractivity contribution in [2.24, 2.45) is 12.8 Å². The molecule has 0 saturated heterocycles. The van der Waals surface area contributed by atoms with Crippen LogP contribution in [0.5, 0.6) is 0 Å². The summed E-state index contributed by atoms with van der Waals surface area (Å²) in [6.45, 7) is 4.44. The summed E-state index contributed by atoms with van der Waals surface area (Å²) < 4.78 is 22.4. The average Bonchev–Trinajstić information content (AvgIpc) is 3.40. The second-order valence-corrected chi connectivity index (χ2v) is 9.47. The SMILES string of the molecule is CCC(O)c1ccc(-c2cc(C(N)=O)c(Nc3cccc(COCc4cc(C)nn4C)n3)s2)c(F)c1. The molecular weight excluding hydrogens is 481 g/mol. The third-order valence-electron chi connectivity index (χ3n) is 5.67. The Kier molecular flexibility index (Phi) is 7.78. The molecule has 0 aliphatic rings. The van der Waals surface area contributed by atoms with Gasteiger partial charge < -0.3 is 20.9 Å². The lowest BCUT2D eigenvalue weighted by molar-refractivity contribution is 0.0995. The largest absolute Gasteiger partial charge is 0.388 e. The Balaban J connectivity index is 1.51.